The van der Waals surface area contributed by atoms with Crippen LogP contribution in [0.25, 0.3) is 0 Å². The summed E-state index contributed by atoms with van der Waals surface area (Å²) in [4.78, 5) is 23.1. The van der Waals surface area contributed by atoms with Gasteiger partial charge in [-0.05, 0) is 29.3 Å². The standard InChI is InChI=1S/C12H18BrN3O2/c1-3-4-8(2)15-11(17)7-16-5-9(13)12(18)10(14)6-16/h5-6,8H,3-4,7,14H2,1-2H3,(H,15,17). The molecule has 0 radical (unpaired) electrons. The zero-order valence-electron chi connectivity index (χ0n) is 10.6. The predicted octanol–water partition coefficient (Wildman–Crippen LogP) is 1.50. The Morgan fingerprint density at radius 2 is 2.22 bits per heavy atom. The molecule has 0 aliphatic carbocycles. The van der Waals surface area contributed by atoms with E-state index in [4.69, 9.17) is 5.73 Å². The van der Waals surface area contributed by atoms with Crippen LogP contribution in [0, 0.1) is 0 Å². The number of halogens is 1. The number of aromatic nitrogens is 1. The van der Waals surface area contributed by atoms with Crippen LogP contribution in [0.5, 0.6) is 0 Å². The fraction of sp³-hybridized carbons (Fsp3) is 0.500. The second-order valence-electron chi connectivity index (χ2n) is 4.32. The zero-order valence-corrected chi connectivity index (χ0v) is 12.2. The van der Waals surface area contributed by atoms with Gasteiger partial charge in [-0.3, -0.25) is 9.59 Å². The number of anilines is 1. The topological polar surface area (TPSA) is 77.1 Å². The lowest BCUT2D eigenvalue weighted by atomic mass is 10.2. The van der Waals surface area contributed by atoms with Crippen molar-refractivity contribution < 1.29 is 4.79 Å². The molecular weight excluding hydrogens is 298 g/mol. The third-order valence-electron chi connectivity index (χ3n) is 2.52. The first kappa shape index (κ1) is 14.8. The first-order chi connectivity index (χ1) is 8.43. The largest absolute Gasteiger partial charge is 0.394 e. The number of carbonyl (C=O) groups is 1. The summed E-state index contributed by atoms with van der Waals surface area (Å²) in [6, 6.07) is 0.155. The summed E-state index contributed by atoms with van der Waals surface area (Å²) in [5, 5.41) is 2.89. The molecule has 3 N–H and O–H groups in total. The second kappa shape index (κ2) is 6.58. The van der Waals surface area contributed by atoms with Crippen molar-refractivity contribution in [2.45, 2.75) is 39.3 Å². The number of amides is 1. The predicted molar refractivity (Wildman–Crippen MR) is 75.3 cm³/mol. The Bertz CT molecular complexity index is 458. The van der Waals surface area contributed by atoms with E-state index in [0.717, 1.165) is 12.8 Å². The average molecular weight is 316 g/mol. The van der Waals surface area contributed by atoms with Gasteiger partial charge in [-0.2, -0.15) is 0 Å². The van der Waals surface area contributed by atoms with Crippen LogP contribution in [-0.4, -0.2) is 16.5 Å². The number of hydrogen-bond donors (Lipinski definition) is 2. The molecule has 0 saturated carbocycles. The lowest BCUT2D eigenvalue weighted by Crippen LogP contribution is -2.35. The van der Waals surface area contributed by atoms with Gasteiger partial charge in [0.05, 0.1) is 10.2 Å². The SMILES string of the molecule is CCCC(C)NC(=O)Cn1cc(N)c(=O)c(Br)c1. The maximum atomic E-state index is 11.7. The van der Waals surface area contributed by atoms with Crippen molar-refractivity contribution in [3.05, 3.63) is 27.1 Å². The lowest BCUT2D eigenvalue weighted by molar-refractivity contribution is -0.122. The summed E-state index contributed by atoms with van der Waals surface area (Å²) in [5.74, 6) is -0.0918. The van der Waals surface area contributed by atoms with E-state index in [1.54, 1.807) is 10.8 Å². The van der Waals surface area contributed by atoms with Gasteiger partial charge in [0, 0.05) is 18.4 Å². The molecule has 1 heterocycles. The number of nitrogens with zero attached hydrogens (tertiary/aromatic N) is 1. The highest BCUT2D eigenvalue weighted by Crippen LogP contribution is 2.06. The van der Waals surface area contributed by atoms with Crippen molar-refractivity contribution in [3.63, 3.8) is 0 Å². The van der Waals surface area contributed by atoms with Gasteiger partial charge in [0.15, 0.2) is 0 Å². The Morgan fingerprint density at radius 3 is 2.78 bits per heavy atom. The van der Waals surface area contributed by atoms with E-state index in [-0.39, 0.29) is 29.6 Å². The van der Waals surface area contributed by atoms with Gasteiger partial charge < -0.3 is 15.6 Å². The van der Waals surface area contributed by atoms with E-state index in [9.17, 15) is 9.59 Å². The van der Waals surface area contributed by atoms with Crippen molar-refractivity contribution in [3.8, 4) is 0 Å². The molecule has 1 unspecified atom stereocenters. The number of carbonyl (C=O) groups excluding carboxylic acids is 1. The molecule has 1 amide bonds. The molecule has 0 bridgehead atoms. The number of nitrogens with one attached hydrogen (secondary N) is 1. The molecule has 0 spiro atoms. The van der Waals surface area contributed by atoms with Crippen molar-refractivity contribution in [1.82, 2.24) is 9.88 Å². The highest BCUT2D eigenvalue weighted by atomic mass is 79.9. The number of hydrogen-bond acceptors (Lipinski definition) is 3. The molecule has 0 aliphatic heterocycles. The third kappa shape index (κ3) is 4.18. The third-order valence-corrected chi connectivity index (χ3v) is 3.08. The van der Waals surface area contributed by atoms with Gasteiger partial charge in [-0.15, -0.1) is 0 Å². The van der Waals surface area contributed by atoms with Crippen LogP contribution in [0.1, 0.15) is 26.7 Å². The summed E-state index contributed by atoms with van der Waals surface area (Å²) in [6.07, 6.45) is 5.00. The Balaban J connectivity index is 2.68. The van der Waals surface area contributed by atoms with Crippen molar-refractivity contribution in [2.24, 2.45) is 0 Å². The number of pyridine rings is 1. The normalized spacial score (nSPS) is 12.2. The number of nitrogen functional groups attached to an aromatic ring is 1. The van der Waals surface area contributed by atoms with E-state index in [2.05, 4.69) is 28.2 Å². The minimum atomic E-state index is -0.258. The van der Waals surface area contributed by atoms with E-state index < -0.39 is 0 Å². The van der Waals surface area contributed by atoms with E-state index in [0.29, 0.717) is 4.47 Å². The lowest BCUT2D eigenvalue weighted by Gasteiger charge is -2.14. The fourth-order valence-corrected chi connectivity index (χ4v) is 2.19. The highest BCUT2D eigenvalue weighted by molar-refractivity contribution is 9.10. The molecule has 1 aromatic rings. The van der Waals surface area contributed by atoms with Crippen LogP contribution >= 0.6 is 15.9 Å². The van der Waals surface area contributed by atoms with Crippen LogP contribution < -0.4 is 16.5 Å². The quantitative estimate of drug-likeness (QED) is 0.864. The first-order valence-electron chi connectivity index (χ1n) is 5.88. The molecule has 1 aromatic heterocycles. The molecule has 1 rings (SSSR count). The van der Waals surface area contributed by atoms with Gasteiger partial charge in [-0.1, -0.05) is 13.3 Å². The highest BCUT2D eigenvalue weighted by Gasteiger charge is 2.08. The van der Waals surface area contributed by atoms with Gasteiger partial charge in [0.1, 0.15) is 6.54 Å². The Morgan fingerprint density at radius 1 is 1.56 bits per heavy atom. The van der Waals surface area contributed by atoms with Gasteiger partial charge in [0.2, 0.25) is 11.3 Å². The molecule has 1 atom stereocenters. The maximum Gasteiger partial charge on any atom is 0.240 e. The number of nitrogens with two attached hydrogens (primary N) is 1. The van der Waals surface area contributed by atoms with Crippen LogP contribution in [0.15, 0.2) is 21.7 Å². The van der Waals surface area contributed by atoms with Crippen molar-refractivity contribution in [1.29, 1.82) is 0 Å². The number of rotatable bonds is 5. The van der Waals surface area contributed by atoms with Crippen LogP contribution in [0.4, 0.5) is 5.69 Å². The molecular formula is C12H18BrN3O2. The Hall–Kier alpha value is -1.30. The van der Waals surface area contributed by atoms with Gasteiger partial charge in [0.25, 0.3) is 0 Å². The molecule has 100 valence electrons. The summed E-state index contributed by atoms with van der Waals surface area (Å²) >= 11 is 3.12. The molecule has 0 aromatic carbocycles. The van der Waals surface area contributed by atoms with E-state index in [1.807, 2.05) is 6.92 Å². The van der Waals surface area contributed by atoms with Crippen LogP contribution in [0.3, 0.4) is 0 Å². The van der Waals surface area contributed by atoms with Crippen LogP contribution in [0.2, 0.25) is 0 Å². The zero-order chi connectivity index (χ0) is 13.7. The Labute approximate surface area is 114 Å². The molecule has 18 heavy (non-hydrogen) atoms. The summed E-state index contributed by atoms with van der Waals surface area (Å²) in [7, 11) is 0. The van der Waals surface area contributed by atoms with Crippen molar-refractivity contribution in [2.75, 3.05) is 5.73 Å². The maximum absolute atomic E-state index is 11.7. The van der Waals surface area contributed by atoms with Crippen LogP contribution in [-0.2, 0) is 11.3 Å². The smallest absolute Gasteiger partial charge is 0.240 e. The first-order valence-corrected chi connectivity index (χ1v) is 6.67. The molecule has 0 fully saturated rings. The van der Waals surface area contributed by atoms with E-state index in [1.165, 1.54) is 6.20 Å². The summed E-state index contributed by atoms with van der Waals surface area (Å²) in [5.41, 5.74) is 5.42. The fourth-order valence-electron chi connectivity index (χ4n) is 1.70. The molecule has 6 heteroatoms. The molecule has 5 nitrogen and oxygen atoms in total. The summed E-state index contributed by atoms with van der Waals surface area (Å²) < 4.78 is 1.95. The Kier molecular flexibility index (Phi) is 5.40. The van der Waals surface area contributed by atoms with Crippen molar-refractivity contribution >= 4 is 27.5 Å². The second-order valence-corrected chi connectivity index (χ2v) is 5.17. The van der Waals surface area contributed by atoms with Gasteiger partial charge in [-0.25, -0.2) is 0 Å². The average Bonchev–Trinajstić information content (AvgIpc) is 2.25. The van der Waals surface area contributed by atoms with Gasteiger partial charge >= 0.3 is 0 Å². The van der Waals surface area contributed by atoms with E-state index >= 15 is 0 Å². The molecule has 0 aliphatic rings. The molecule has 0 saturated heterocycles. The summed E-state index contributed by atoms with van der Waals surface area (Å²) in [6.45, 7) is 4.19. The minimum absolute atomic E-state index is 0.0918. The monoisotopic (exact) mass is 315 g/mol. The minimum Gasteiger partial charge on any atom is -0.394 e.